The van der Waals surface area contributed by atoms with Gasteiger partial charge in [0.2, 0.25) is 10.0 Å². The SMILES string of the molecule is C[C@H](Cn1cncn1)NS(=O)(=O)Cc1ccccc1F. The highest BCUT2D eigenvalue weighted by Gasteiger charge is 2.17. The summed E-state index contributed by atoms with van der Waals surface area (Å²) in [5, 5.41) is 3.90. The molecule has 0 unspecified atom stereocenters. The Morgan fingerprint density at radius 2 is 2.15 bits per heavy atom. The van der Waals surface area contributed by atoms with Crippen LogP contribution in [0.25, 0.3) is 0 Å². The molecular formula is C12H15FN4O2S. The molecule has 0 aliphatic rings. The summed E-state index contributed by atoms with van der Waals surface area (Å²) in [6.07, 6.45) is 2.88. The molecule has 6 nitrogen and oxygen atoms in total. The molecule has 1 aromatic carbocycles. The topological polar surface area (TPSA) is 76.9 Å². The van der Waals surface area contributed by atoms with E-state index in [2.05, 4.69) is 14.8 Å². The highest BCUT2D eigenvalue weighted by molar-refractivity contribution is 7.88. The lowest BCUT2D eigenvalue weighted by Gasteiger charge is -2.14. The summed E-state index contributed by atoms with van der Waals surface area (Å²) in [5.41, 5.74) is 0.146. The summed E-state index contributed by atoms with van der Waals surface area (Å²) >= 11 is 0. The van der Waals surface area contributed by atoms with Crippen LogP contribution >= 0.6 is 0 Å². The summed E-state index contributed by atoms with van der Waals surface area (Å²) in [4.78, 5) is 3.78. The van der Waals surface area contributed by atoms with Crippen molar-refractivity contribution in [2.75, 3.05) is 0 Å². The number of sulfonamides is 1. The number of hydrogen-bond acceptors (Lipinski definition) is 4. The Morgan fingerprint density at radius 1 is 1.40 bits per heavy atom. The van der Waals surface area contributed by atoms with Crippen molar-refractivity contribution in [2.45, 2.75) is 25.3 Å². The molecule has 0 amide bonds. The van der Waals surface area contributed by atoms with Gasteiger partial charge in [-0.1, -0.05) is 18.2 Å². The van der Waals surface area contributed by atoms with E-state index in [1.165, 1.54) is 35.5 Å². The average molecular weight is 298 g/mol. The third-order valence-corrected chi connectivity index (χ3v) is 4.06. The van der Waals surface area contributed by atoms with Crippen molar-refractivity contribution in [1.82, 2.24) is 19.5 Å². The van der Waals surface area contributed by atoms with Crippen molar-refractivity contribution in [3.8, 4) is 0 Å². The first kappa shape index (κ1) is 14.6. The summed E-state index contributed by atoms with van der Waals surface area (Å²) < 4.78 is 41.4. The lowest BCUT2D eigenvalue weighted by molar-refractivity contribution is 0.492. The molecular weight excluding hydrogens is 283 g/mol. The molecule has 0 aliphatic heterocycles. The van der Waals surface area contributed by atoms with Gasteiger partial charge in [-0.2, -0.15) is 5.10 Å². The second-order valence-electron chi connectivity index (χ2n) is 4.49. The molecule has 0 spiro atoms. The van der Waals surface area contributed by atoms with Gasteiger partial charge >= 0.3 is 0 Å². The van der Waals surface area contributed by atoms with Crippen molar-refractivity contribution in [3.63, 3.8) is 0 Å². The van der Waals surface area contributed by atoms with Gasteiger partial charge in [0, 0.05) is 11.6 Å². The molecule has 1 atom stereocenters. The third kappa shape index (κ3) is 4.10. The smallest absolute Gasteiger partial charge is 0.216 e. The summed E-state index contributed by atoms with van der Waals surface area (Å²) in [7, 11) is -3.61. The Balaban J connectivity index is 1.99. The molecule has 0 saturated carbocycles. The van der Waals surface area contributed by atoms with E-state index < -0.39 is 15.8 Å². The maximum Gasteiger partial charge on any atom is 0.216 e. The molecule has 1 N–H and O–H groups in total. The predicted molar refractivity (Wildman–Crippen MR) is 71.6 cm³/mol. The molecule has 0 bridgehead atoms. The molecule has 1 aromatic heterocycles. The fraction of sp³-hybridized carbons (Fsp3) is 0.333. The fourth-order valence-electron chi connectivity index (χ4n) is 1.81. The molecule has 108 valence electrons. The lowest BCUT2D eigenvalue weighted by atomic mass is 10.2. The van der Waals surface area contributed by atoms with Crippen molar-refractivity contribution in [3.05, 3.63) is 48.3 Å². The van der Waals surface area contributed by atoms with Gasteiger partial charge in [0.15, 0.2) is 0 Å². The van der Waals surface area contributed by atoms with Crippen molar-refractivity contribution >= 4 is 10.0 Å². The number of aromatic nitrogens is 3. The third-order valence-electron chi connectivity index (χ3n) is 2.61. The van der Waals surface area contributed by atoms with Gasteiger partial charge in [-0.3, -0.25) is 4.68 Å². The molecule has 8 heteroatoms. The van der Waals surface area contributed by atoms with Crippen LogP contribution in [0.2, 0.25) is 0 Å². The number of nitrogens with zero attached hydrogens (tertiary/aromatic N) is 3. The minimum Gasteiger partial charge on any atom is -0.251 e. The first-order valence-electron chi connectivity index (χ1n) is 6.02. The summed E-state index contributed by atoms with van der Waals surface area (Å²) in [5.74, 6) is -0.914. The molecule has 0 radical (unpaired) electrons. The average Bonchev–Trinajstić information content (AvgIpc) is 2.83. The molecule has 2 rings (SSSR count). The zero-order valence-corrected chi connectivity index (χ0v) is 11.7. The van der Waals surface area contributed by atoms with E-state index in [1.54, 1.807) is 13.0 Å². The standard InChI is InChI=1S/C12H15FN4O2S/c1-10(6-17-9-14-8-15-17)16-20(18,19)7-11-4-2-3-5-12(11)13/h2-5,8-10,16H,6-7H2,1H3/t10-/m1/s1. The second kappa shape index (κ2) is 6.10. The van der Waals surface area contributed by atoms with E-state index in [0.29, 0.717) is 6.54 Å². The summed E-state index contributed by atoms with van der Waals surface area (Å²) in [6, 6.07) is 5.45. The quantitative estimate of drug-likeness (QED) is 0.860. The normalized spacial score (nSPS) is 13.3. The minimum absolute atomic E-state index is 0.146. The predicted octanol–water partition coefficient (Wildman–Crippen LogP) is 0.925. The van der Waals surface area contributed by atoms with Gasteiger partial charge in [0.05, 0.1) is 12.3 Å². The fourth-order valence-corrected chi connectivity index (χ4v) is 3.23. The maximum absolute atomic E-state index is 13.4. The number of nitrogens with one attached hydrogen (secondary N) is 1. The minimum atomic E-state index is -3.61. The van der Waals surface area contributed by atoms with Gasteiger partial charge in [-0.15, -0.1) is 0 Å². The van der Waals surface area contributed by atoms with E-state index in [-0.39, 0.29) is 17.4 Å². The Morgan fingerprint density at radius 3 is 2.80 bits per heavy atom. The van der Waals surface area contributed by atoms with E-state index in [1.807, 2.05) is 0 Å². The zero-order valence-electron chi connectivity index (χ0n) is 10.9. The number of benzene rings is 1. The molecule has 0 fully saturated rings. The van der Waals surface area contributed by atoms with Gasteiger partial charge in [-0.25, -0.2) is 22.5 Å². The van der Waals surface area contributed by atoms with E-state index in [4.69, 9.17) is 0 Å². The van der Waals surface area contributed by atoms with Gasteiger partial charge in [0.1, 0.15) is 18.5 Å². The van der Waals surface area contributed by atoms with Gasteiger partial charge < -0.3 is 0 Å². The second-order valence-corrected chi connectivity index (χ2v) is 6.24. The van der Waals surface area contributed by atoms with E-state index in [9.17, 15) is 12.8 Å². The maximum atomic E-state index is 13.4. The van der Waals surface area contributed by atoms with Gasteiger partial charge in [-0.05, 0) is 13.0 Å². The van der Waals surface area contributed by atoms with Crippen LogP contribution in [0.4, 0.5) is 4.39 Å². The van der Waals surface area contributed by atoms with Crippen LogP contribution in [-0.4, -0.2) is 29.2 Å². The van der Waals surface area contributed by atoms with Crippen molar-refractivity contribution < 1.29 is 12.8 Å². The van der Waals surface area contributed by atoms with Gasteiger partial charge in [0.25, 0.3) is 0 Å². The van der Waals surface area contributed by atoms with Crippen LogP contribution in [0.3, 0.4) is 0 Å². The van der Waals surface area contributed by atoms with Crippen molar-refractivity contribution in [1.29, 1.82) is 0 Å². The van der Waals surface area contributed by atoms with Crippen LogP contribution in [0.5, 0.6) is 0 Å². The Labute approximate surface area is 116 Å². The van der Waals surface area contributed by atoms with Crippen LogP contribution in [0.1, 0.15) is 12.5 Å². The van der Waals surface area contributed by atoms with Crippen LogP contribution in [-0.2, 0) is 22.3 Å². The molecule has 0 saturated heterocycles. The highest BCUT2D eigenvalue weighted by Crippen LogP contribution is 2.10. The van der Waals surface area contributed by atoms with Crippen molar-refractivity contribution in [2.24, 2.45) is 0 Å². The Kier molecular flexibility index (Phi) is 4.46. The highest BCUT2D eigenvalue weighted by atomic mass is 32.2. The zero-order chi connectivity index (χ0) is 14.6. The molecule has 2 aromatic rings. The van der Waals surface area contributed by atoms with Crippen LogP contribution in [0, 0.1) is 5.82 Å². The molecule has 1 heterocycles. The van der Waals surface area contributed by atoms with Crippen LogP contribution < -0.4 is 4.72 Å². The summed E-state index contributed by atoms with van der Waals surface area (Å²) in [6.45, 7) is 2.07. The monoisotopic (exact) mass is 298 g/mol. The lowest BCUT2D eigenvalue weighted by Crippen LogP contribution is -2.36. The largest absolute Gasteiger partial charge is 0.251 e. The molecule has 20 heavy (non-hydrogen) atoms. The Hall–Kier alpha value is -1.80. The Bertz CT molecular complexity index is 658. The number of halogens is 1. The number of rotatable bonds is 6. The van der Waals surface area contributed by atoms with Crippen LogP contribution in [0.15, 0.2) is 36.9 Å². The first-order valence-corrected chi connectivity index (χ1v) is 7.67. The van der Waals surface area contributed by atoms with E-state index in [0.717, 1.165) is 0 Å². The van der Waals surface area contributed by atoms with E-state index >= 15 is 0 Å². The first-order chi connectivity index (χ1) is 9.46. The molecule has 0 aliphatic carbocycles. The number of hydrogen-bond donors (Lipinski definition) is 1.